The summed E-state index contributed by atoms with van der Waals surface area (Å²) in [4.78, 5) is 36.7. The maximum absolute atomic E-state index is 14.0. The lowest BCUT2D eigenvalue weighted by Gasteiger charge is -2.33. The zero-order valence-electron chi connectivity index (χ0n) is 25.1. The summed E-state index contributed by atoms with van der Waals surface area (Å²) in [7, 11) is 1.99. The van der Waals surface area contributed by atoms with E-state index in [1.54, 1.807) is 24.4 Å². The van der Waals surface area contributed by atoms with Crippen LogP contribution in [-0.2, 0) is 24.0 Å². The molecular weight excluding hydrogens is 585 g/mol. The molecule has 12 heteroatoms. The van der Waals surface area contributed by atoms with E-state index in [1.165, 1.54) is 18.2 Å². The van der Waals surface area contributed by atoms with Gasteiger partial charge in [0.1, 0.15) is 17.9 Å². The number of carbonyl (C=O) groups excluding carboxylic acids is 2. The zero-order chi connectivity index (χ0) is 32.1. The number of aromatic amines is 1. The Kier molecular flexibility index (Phi) is 9.54. The highest BCUT2D eigenvalue weighted by Crippen LogP contribution is 2.34. The first kappa shape index (κ1) is 31.7. The van der Waals surface area contributed by atoms with Crippen LogP contribution in [0.1, 0.15) is 43.1 Å². The standard InChI is InChI=1S/C33H35F3N6O3/c1-4-13-45-32(44)29-17-24-14-27(19-38-30(24)40-29)37-18-25-15-26(8-5-21(25)2)39-31(43)22-6-7-23(28(16-22)33(34,35)36)20-42-11-9-41(3)10-12-42/h4-8,14-17,19,37H,1,9-13,18,20H2,2-3H3,(H,38,40)(H,39,43). The van der Waals surface area contributed by atoms with E-state index in [9.17, 15) is 22.8 Å². The van der Waals surface area contributed by atoms with Gasteiger partial charge in [0, 0.05) is 55.9 Å². The van der Waals surface area contributed by atoms with Crippen LogP contribution in [0.4, 0.5) is 24.5 Å². The Morgan fingerprint density at radius 3 is 2.56 bits per heavy atom. The number of nitrogens with zero attached hydrogens (tertiary/aromatic N) is 3. The molecule has 1 aliphatic heterocycles. The molecule has 0 unspecified atom stereocenters. The molecule has 3 heterocycles. The highest BCUT2D eigenvalue weighted by Gasteiger charge is 2.34. The number of esters is 1. The first-order chi connectivity index (χ1) is 21.5. The van der Waals surface area contributed by atoms with Crippen LogP contribution in [0.2, 0.25) is 0 Å². The number of anilines is 2. The summed E-state index contributed by atoms with van der Waals surface area (Å²) in [6.07, 6.45) is -1.47. The summed E-state index contributed by atoms with van der Waals surface area (Å²) in [6.45, 7) is 9.08. The van der Waals surface area contributed by atoms with Gasteiger partial charge in [-0.3, -0.25) is 9.69 Å². The van der Waals surface area contributed by atoms with Crippen molar-refractivity contribution in [3.8, 4) is 0 Å². The fraction of sp³-hybridized carbons (Fsp3) is 0.303. The van der Waals surface area contributed by atoms with E-state index in [4.69, 9.17) is 4.74 Å². The van der Waals surface area contributed by atoms with Gasteiger partial charge in [0.15, 0.2) is 0 Å². The Balaban J connectivity index is 1.26. The highest BCUT2D eigenvalue weighted by molar-refractivity contribution is 6.04. The molecule has 2 aromatic carbocycles. The fourth-order valence-corrected chi connectivity index (χ4v) is 5.14. The SMILES string of the molecule is C=CCOC(=O)c1cc2cc(NCc3cc(NC(=O)c4ccc(CN5CCN(C)CC5)c(C(F)(F)F)c4)ccc3C)cnc2[nH]1. The summed E-state index contributed by atoms with van der Waals surface area (Å²) in [5.41, 5.74) is 3.10. The Morgan fingerprint density at radius 2 is 1.82 bits per heavy atom. The number of rotatable bonds is 10. The number of likely N-dealkylation sites (N-methyl/N-ethyl adjacent to an activating group) is 1. The van der Waals surface area contributed by atoms with E-state index in [1.807, 2.05) is 31.0 Å². The number of halogens is 3. The quantitative estimate of drug-likeness (QED) is 0.151. The molecule has 0 saturated carbocycles. The number of aromatic nitrogens is 2. The Hall–Kier alpha value is -4.68. The van der Waals surface area contributed by atoms with Gasteiger partial charge in [-0.25, -0.2) is 9.78 Å². The van der Waals surface area contributed by atoms with E-state index in [0.717, 1.165) is 35.7 Å². The first-order valence-electron chi connectivity index (χ1n) is 14.5. The van der Waals surface area contributed by atoms with Crippen molar-refractivity contribution < 1.29 is 27.5 Å². The van der Waals surface area contributed by atoms with Crippen LogP contribution in [0.3, 0.4) is 0 Å². The number of nitrogens with one attached hydrogen (secondary N) is 3. The van der Waals surface area contributed by atoms with E-state index < -0.39 is 23.6 Å². The third kappa shape index (κ3) is 7.89. The van der Waals surface area contributed by atoms with Gasteiger partial charge < -0.3 is 25.3 Å². The maximum Gasteiger partial charge on any atom is 0.416 e. The van der Waals surface area contributed by atoms with Crippen molar-refractivity contribution in [2.45, 2.75) is 26.2 Å². The monoisotopic (exact) mass is 620 g/mol. The molecule has 9 nitrogen and oxygen atoms in total. The van der Waals surface area contributed by atoms with Gasteiger partial charge in [-0.05, 0) is 67.1 Å². The molecule has 236 valence electrons. The van der Waals surface area contributed by atoms with Crippen molar-refractivity contribution in [2.24, 2.45) is 0 Å². The topological polar surface area (TPSA) is 103 Å². The number of alkyl halides is 3. The predicted molar refractivity (Wildman–Crippen MR) is 167 cm³/mol. The number of pyridine rings is 1. The van der Waals surface area contributed by atoms with Crippen molar-refractivity contribution >= 4 is 34.3 Å². The summed E-state index contributed by atoms with van der Waals surface area (Å²) < 4.78 is 47.2. The van der Waals surface area contributed by atoms with Crippen molar-refractivity contribution in [1.82, 2.24) is 19.8 Å². The minimum Gasteiger partial charge on any atom is -0.457 e. The number of aryl methyl sites for hydroxylation is 1. The highest BCUT2D eigenvalue weighted by atomic mass is 19.4. The zero-order valence-corrected chi connectivity index (χ0v) is 25.1. The minimum atomic E-state index is -4.59. The maximum atomic E-state index is 14.0. The molecule has 1 fully saturated rings. The predicted octanol–water partition coefficient (Wildman–Crippen LogP) is 5.84. The molecule has 1 amide bonds. The third-order valence-electron chi connectivity index (χ3n) is 7.78. The molecule has 45 heavy (non-hydrogen) atoms. The molecule has 0 spiro atoms. The fourth-order valence-electron chi connectivity index (χ4n) is 5.14. The average Bonchev–Trinajstić information content (AvgIpc) is 3.44. The summed E-state index contributed by atoms with van der Waals surface area (Å²) in [5.74, 6) is -1.13. The van der Waals surface area contributed by atoms with Gasteiger partial charge in [-0.2, -0.15) is 13.2 Å². The van der Waals surface area contributed by atoms with Gasteiger partial charge in [-0.15, -0.1) is 0 Å². The number of hydrogen-bond donors (Lipinski definition) is 3. The Bertz CT molecular complexity index is 1710. The van der Waals surface area contributed by atoms with Crippen LogP contribution in [0.5, 0.6) is 0 Å². The number of hydrogen-bond acceptors (Lipinski definition) is 7. The summed E-state index contributed by atoms with van der Waals surface area (Å²) in [5, 5.41) is 6.76. The van der Waals surface area contributed by atoms with E-state index in [0.29, 0.717) is 36.7 Å². The van der Waals surface area contributed by atoms with E-state index >= 15 is 0 Å². The molecule has 5 rings (SSSR count). The second kappa shape index (κ2) is 13.5. The largest absolute Gasteiger partial charge is 0.457 e. The second-order valence-corrected chi connectivity index (χ2v) is 11.1. The van der Waals surface area contributed by atoms with Crippen molar-refractivity contribution in [3.63, 3.8) is 0 Å². The molecule has 0 aliphatic carbocycles. The number of benzene rings is 2. The molecular formula is C33H35F3N6O3. The molecule has 1 aliphatic rings. The Morgan fingerprint density at radius 1 is 1.04 bits per heavy atom. The lowest BCUT2D eigenvalue weighted by Crippen LogP contribution is -2.44. The van der Waals surface area contributed by atoms with Gasteiger partial charge in [0.25, 0.3) is 5.91 Å². The van der Waals surface area contributed by atoms with E-state index in [-0.39, 0.29) is 30.0 Å². The Labute approximate surface area is 259 Å². The van der Waals surface area contributed by atoms with Crippen LogP contribution in [-0.4, -0.2) is 71.5 Å². The molecule has 2 aromatic heterocycles. The van der Waals surface area contributed by atoms with Gasteiger partial charge in [-0.1, -0.05) is 24.8 Å². The van der Waals surface area contributed by atoms with Gasteiger partial charge in [0.05, 0.1) is 17.4 Å². The number of piperazine rings is 1. The molecule has 0 bridgehead atoms. The lowest BCUT2D eigenvalue weighted by molar-refractivity contribution is -0.138. The minimum absolute atomic E-state index is 0.0664. The average molecular weight is 621 g/mol. The van der Waals surface area contributed by atoms with Crippen LogP contribution >= 0.6 is 0 Å². The molecule has 0 radical (unpaired) electrons. The number of amides is 1. The number of ether oxygens (including phenoxy) is 1. The third-order valence-corrected chi connectivity index (χ3v) is 7.78. The van der Waals surface area contributed by atoms with Crippen molar-refractivity contribution in [3.05, 3.63) is 101 Å². The van der Waals surface area contributed by atoms with Crippen LogP contribution in [0.15, 0.2) is 67.4 Å². The van der Waals surface area contributed by atoms with Gasteiger partial charge >= 0.3 is 12.1 Å². The van der Waals surface area contributed by atoms with Crippen molar-refractivity contribution in [2.75, 3.05) is 50.5 Å². The summed E-state index contributed by atoms with van der Waals surface area (Å²) >= 11 is 0. The molecule has 4 aromatic rings. The smallest absolute Gasteiger partial charge is 0.416 e. The van der Waals surface area contributed by atoms with Crippen molar-refractivity contribution in [1.29, 1.82) is 0 Å². The normalized spacial score (nSPS) is 14.3. The summed E-state index contributed by atoms with van der Waals surface area (Å²) in [6, 6.07) is 12.6. The molecule has 1 saturated heterocycles. The van der Waals surface area contributed by atoms with Crippen LogP contribution in [0.25, 0.3) is 11.0 Å². The number of fused-ring (bicyclic) bond motifs is 1. The molecule has 0 atom stereocenters. The second-order valence-electron chi connectivity index (χ2n) is 11.1. The number of carbonyl (C=O) groups is 2. The lowest BCUT2D eigenvalue weighted by atomic mass is 10.0. The molecule has 3 N–H and O–H groups in total. The van der Waals surface area contributed by atoms with Crippen LogP contribution in [0, 0.1) is 6.92 Å². The first-order valence-corrected chi connectivity index (χ1v) is 14.5. The number of H-pyrrole nitrogens is 1. The van der Waals surface area contributed by atoms with Gasteiger partial charge in [0.2, 0.25) is 0 Å². The van der Waals surface area contributed by atoms with E-state index in [2.05, 4.69) is 32.1 Å². The van der Waals surface area contributed by atoms with Crippen LogP contribution < -0.4 is 10.6 Å².